The van der Waals surface area contributed by atoms with Crippen molar-refractivity contribution in [2.45, 2.75) is 36.9 Å². The number of likely N-dealkylation sites (N-methyl/N-ethyl adjacent to an activating group) is 1. The second kappa shape index (κ2) is 10.8. The molecule has 0 saturated heterocycles. The standard InChI is InChI=1S/C19H23N3O4S2/c1-4-20-17(24)13(3)22-16(23)9-26-18(25)15-8-6-5-7-14(15)11-28-19-21-12(2)10-27-19/h5-8,10,13H,4,9,11H2,1-3H3,(H,20,24)(H,22,23)/t13-/m0/s1. The van der Waals surface area contributed by atoms with Crippen LogP contribution in [0.2, 0.25) is 0 Å². The van der Waals surface area contributed by atoms with Gasteiger partial charge in [0.25, 0.3) is 5.91 Å². The van der Waals surface area contributed by atoms with Crippen LogP contribution in [0.3, 0.4) is 0 Å². The molecule has 150 valence electrons. The topological polar surface area (TPSA) is 97.4 Å². The van der Waals surface area contributed by atoms with E-state index in [2.05, 4.69) is 15.6 Å². The highest BCUT2D eigenvalue weighted by Crippen LogP contribution is 2.27. The van der Waals surface area contributed by atoms with Crippen molar-refractivity contribution >= 4 is 40.9 Å². The van der Waals surface area contributed by atoms with Crippen LogP contribution < -0.4 is 10.6 Å². The van der Waals surface area contributed by atoms with Crippen LogP contribution in [0.1, 0.15) is 35.5 Å². The van der Waals surface area contributed by atoms with Crippen LogP contribution in [0, 0.1) is 6.92 Å². The average molecular weight is 422 g/mol. The fourth-order valence-electron chi connectivity index (χ4n) is 2.27. The van der Waals surface area contributed by atoms with E-state index >= 15 is 0 Å². The number of thiazole rings is 1. The van der Waals surface area contributed by atoms with Gasteiger partial charge in [0, 0.05) is 23.4 Å². The monoisotopic (exact) mass is 421 g/mol. The SMILES string of the molecule is CCNC(=O)[C@H](C)NC(=O)COC(=O)c1ccccc1CSc1nc(C)cs1. The van der Waals surface area contributed by atoms with E-state index < -0.39 is 24.5 Å². The van der Waals surface area contributed by atoms with Gasteiger partial charge in [-0.3, -0.25) is 9.59 Å². The molecule has 0 bridgehead atoms. The van der Waals surface area contributed by atoms with Gasteiger partial charge in [-0.1, -0.05) is 30.0 Å². The number of ether oxygens (including phenoxy) is 1. The van der Waals surface area contributed by atoms with E-state index in [1.807, 2.05) is 24.4 Å². The molecular formula is C19H23N3O4S2. The van der Waals surface area contributed by atoms with Crippen molar-refractivity contribution in [2.75, 3.05) is 13.2 Å². The molecule has 2 aromatic rings. The molecule has 2 rings (SSSR count). The Morgan fingerprint density at radius 1 is 1.29 bits per heavy atom. The number of rotatable bonds is 9. The third-order valence-corrected chi connectivity index (χ3v) is 5.83. The van der Waals surface area contributed by atoms with Crippen molar-refractivity contribution in [2.24, 2.45) is 0 Å². The molecule has 0 aliphatic carbocycles. The molecule has 28 heavy (non-hydrogen) atoms. The molecule has 0 aliphatic heterocycles. The highest BCUT2D eigenvalue weighted by Gasteiger charge is 2.18. The number of thioether (sulfide) groups is 1. The Morgan fingerprint density at radius 3 is 2.71 bits per heavy atom. The first-order valence-corrected chi connectivity index (χ1v) is 10.6. The number of esters is 1. The lowest BCUT2D eigenvalue weighted by Crippen LogP contribution is -2.46. The number of amides is 2. The summed E-state index contributed by atoms with van der Waals surface area (Å²) in [6.45, 7) is 5.32. The fraction of sp³-hybridized carbons (Fsp3) is 0.368. The predicted molar refractivity (Wildman–Crippen MR) is 109 cm³/mol. The zero-order valence-corrected chi connectivity index (χ0v) is 17.6. The minimum absolute atomic E-state index is 0.290. The lowest BCUT2D eigenvalue weighted by atomic mass is 10.1. The minimum atomic E-state index is -0.698. The van der Waals surface area contributed by atoms with E-state index in [1.54, 1.807) is 49.1 Å². The van der Waals surface area contributed by atoms with Crippen LogP contribution in [0.4, 0.5) is 0 Å². The maximum Gasteiger partial charge on any atom is 0.338 e. The molecule has 0 spiro atoms. The van der Waals surface area contributed by atoms with Gasteiger partial charge in [-0.15, -0.1) is 11.3 Å². The third-order valence-electron chi connectivity index (χ3n) is 3.64. The average Bonchev–Trinajstić information content (AvgIpc) is 3.10. The molecule has 1 heterocycles. The van der Waals surface area contributed by atoms with Crippen molar-refractivity contribution in [1.82, 2.24) is 15.6 Å². The van der Waals surface area contributed by atoms with Crippen LogP contribution in [0.15, 0.2) is 34.0 Å². The number of nitrogens with one attached hydrogen (secondary N) is 2. The maximum absolute atomic E-state index is 12.4. The van der Waals surface area contributed by atoms with E-state index in [9.17, 15) is 14.4 Å². The predicted octanol–water partition coefficient (Wildman–Crippen LogP) is 2.54. The molecule has 1 aromatic carbocycles. The van der Waals surface area contributed by atoms with Crippen molar-refractivity contribution in [3.05, 3.63) is 46.5 Å². The molecule has 1 aromatic heterocycles. The van der Waals surface area contributed by atoms with Crippen molar-refractivity contribution in [1.29, 1.82) is 0 Å². The number of aromatic nitrogens is 1. The molecule has 2 amide bonds. The zero-order valence-electron chi connectivity index (χ0n) is 16.0. The van der Waals surface area contributed by atoms with Crippen LogP contribution in [0.5, 0.6) is 0 Å². The molecular weight excluding hydrogens is 398 g/mol. The highest BCUT2D eigenvalue weighted by atomic mass is 32.2. The van der Waals surface area contributed by atoms with E-state index in [0.717, 1.165) is 15.6 Å². The summed E-state index contributed by atoms with van der Waals surface area (Å²) < 4.78 is 6.05. The Hall–Kier alpha value is -2.39. The van der Waals surface area contributed by atoms with E-state index in [4.69, 9.17) is 4.74 Å². The van der Waals surface area contributed by atoms with E-state index in [1.165, 1.54) is 0 Å². The van der Waals surface area contributed by atoms with Crippen LogP contribution in [-0.2, 0) is 20.1 Å². The Kier molecular flexibility index (Phi) is 8.46. The number of hydrogen-bond donors (Lipinski definition) is 2. The van der Waals surface area contributed by atoms with Crippen LogP contribution >= 0.6 is 23.1 Å². The zero-order chi connectivity index (χ0) is 20.5. The first-order valence-electron chi connectivity index (χ1n) is 8.77. The van der Waals surface area contributed by atoms with E-state index in [-0.39, 0.29) is 5.91 Å². The van der Waals surface area contributed by atoms with Crippen molar-refractivity contribution in [3.8, 4) is 0 Å². The number of hydrogen-bond acceptors (Lipinski definition) is 7. The van der Waals surface area contributed by atoms with Gasteiger partial charge in [-0.25, -0.2) is 9.78 Å². The lowest BCUT2D eigenvalue weighted by Gasteiger charge is -2.13. The molecule has 0 unspecified atom stereocenters. The van der Waals surface area contributed by atoms with Gasteiger partial charge in [-0.2, -0.15) is 0 Å². The van der Waals surface area contributed by atoms with Crippen molar-refractivity contribution < 1.29 is 19.1 Å². The number of carbonyl (C=O) groups excluding carboxylic acids is 3. The number of nitrogens with zero attached hydrogens (tertiary/aromatic N) is 1. The molecule has 2 N–H and O–H groups in total. The number of benzene rings is 1. The minimum Gasteiger partial charge on any atom is -0.452 e. The Labute approximate surface area is 172 Å². The summed E-state index contributed by atoms with van der Waals surface area (Å²) in [6.07, 6.45) is 0. The third kappa shape index (κ3) is 6.65. The first-order chi connectivity index (χ1) is 13.4. The summed E-state index contributed by atoms with van der Waals surface area (Å²) in [5, 5.41) is 7.08. The Bertz CT molecular complexity index is 838. The molecule has 0 fully saturated rings. The molecule has 7 nitrogen and oxygen atoms in total. The van der Waals surface area contributed by atoms with Crippen LogP contribution in [0.25, 0.3) is 0 Å². The Morgan fingerprint density at radius 2 is 2.04 bits per heavy atom. The van der Waals surface area contributed by atoms with Gasteiger partial charge in [0.05, 0.1) is 5.56 Å². The number of aryl methyl sites for hydroxylation is 1. The lowest BCUT2D eigenvalue weighted by molar-refractivity contribution is -0.130. The van der Waals surface area contributed by atoms with Gasteiger partial charge in [0.2, 0.25) is 5.91 Å². The second-order valence-electron chi connectivity index (χ2n) is 5.96. The molecule has 0 aliphatic rings. The quantitative estimate of drug-likeness (QED) is 0.477. The van der Waals surface area contributed by atoms with Gasteiger partial charge >= 0.3 is 5.97 Å². The maximum atomic E-state index is 12.4. The van der Waals surface area contributed by atoms with Gasteiger partial charge in [0.1, 0.15) is 10.4 Å². The molecule has 0 saturated carbocycles. The van der Waals surface area contributed by atoms with Gasteiger partial charge < -0.3 is 15.4 Å². The molecule has 1 atom stereocenters. The Balaban J connectivity index is 1.89. The largest absolute Gasteiger partial charge is 0.452 e. The summed E-state index contributed by atoms with van der Waals surface area (Å²) in [6, 6.07) is 6.41. The molecule has 9 heteroatoms. The fourth-order valence-corrected chi connectivity index (χ4v) is 4.12. The summed E-state index contributed by atoms with van der Waals surface area (Å²) in [4.78, 5) is 40.3. The summed E-state index contributed by atoms with van der Waals surface area (Å²) in [7, 11) is 0. The highest BCUT2D eigenvalue weighted by molar-refractivity contribution is 8.00. The van der Waals surface area contributed by atoms with Crippen LogP contribution in [-0.4, -0.2) is 42.0 Å². The smallest absolute Gasteiger partial charge is 0.338 e. The van der Waals surface area contributed by atoms with E-state index in [0.29, 0.717) is 17.9 Å². The van der Waals surface area contributed by atoms with Crippen molar-refractivity contribution in [3.63, 3.8) is 0 Å². The first kappa shape index (κ1) is 21.9. The van der Waals surface area contributed by atoms with Gasteiger partial charge in [-0.05, 0) is 32.4 Å². The van der Waals surface area contributed by atoms with Gasteiger partial charge in [0.15, 0.2) is 6.61 Å². The molecule has 0 radical (unpaired) electrons. The summed E-state index contributed by atoms with van der Waals surface area (Å²) >= 11 is 3.10. The number of carbonyl (C=O) groups is 3. The summed E-state index contributed by atoms with van der Waals surface area (Å²) in [5.74, 6) is -0.829. The second-order valence-corrected chi connectivity index (χ2v) is 8.04. The normalized spacial score (nSPS) is 11.5. The summed E-state index contributed by atoms with van der Waals surface area (Å²) in [5.41, 5.74) is 2.18.